The molecule has 7 aromatic carbocycles. The molecule has 0 spiro atoms. The van der Waals surface area contributed by atoms with Crippen LogP contribution in [0.1, 0.15) is 9.60 Å². The number of nitrogens with zero attached hydrogens (tertiary/aromatic N) is 3. The van der Waals surface area contributed by atoms with Gasteiger partial charge in [-0.05, 0) is 51.5 Å². The van der Waals surface area contributed by atoms with Gasteiger partial charge < -0.3 is 4.42 Å². The summed E-state index contributed by atoms with van der Waals surface area (Å²) in [6.07, 6.45) is 0. The molecule has 0 aliphatic rings. The minimum Gasteiger partial charge on any atom is -0.456 e. The highest BCUT2D eigenvalue weighted by Gasteiger charge is 2.15. The molecule has 0 radical (unpaired) electrons. The minimum absolute atomic E-state index is 0.0588. The molecule has 0 aliphatic heterocycles. The molecule has 2 heterocycles. The number of fused-ring (bicyclic) bond motifs is 3. The third-order valence-corrected chi connectivity index (χ3v) is 8.49. The maximum Gasteiger partial charge on any atom is 0.164 e. The fourth-order valence-corrected chi connectivity index (χ4v) is 6.04. The van der Waals surface area contributed by atoms with Gasteiger partial charge in [-0.1, -0.05) is 158 Å². The van der Waals surface area contributed by atoms with Gasteiger partial charge in [-0.3, -0.25) is 0 Å². The zero-order valence-corrected chi connectivity index (χ0v) is 26.0. The van der Waals surface area contributed by atoms with Crippen molar-refractivity contribution in [3.05, 3.63) is 176 Å². The topological polar surface area (TPSA) is 51.8 Å². The van der Waals surface area contributed by atoms with E-state index in [-0.39, 0.29) is 57.7 Å². The van der Waals surface area contributed by atoms with Crippen LogP contribution in [0.15, 0.2) is 180 Å². The molecule has 0 fully saturated rings. The molecule has 49 heavy (non-hydrogen) atoms. The molecule has 0 saturated carbocycles. The van der Waals surface area contributed by atoms with Crippen LogP contribution in [0.2, 0.25) is 0 Å². The molecule has 4 heteroatoms. The lowest BCUT2D eigenvalue weighted by molar-refractivity contribution is 0.669. The van der Waals surface area contributed by atoms with Crippen molar-refractivity contribution >= 4 is 21.9 Å². The standard InChI is InChI=1S/C45H29N3O/c1-3-11-30(12-4-1)31-21-25-34(26-22-31)44-46-43(33-13-5-2-6-14-33)47-45(48-44)35-27-23-32(24-28-35)36-15-9-16-37(29-36)38-18-10-20-41-42(38)39-17-7-8-19-40(39)49-41/h1-29H/i7D,8D,10D,17D,18D,19D,20D. The second-order valence-corrected chi connectivity index (χ2v) is 11.5. The summed E-state index contributed by atoms with van der Waals surface area (Å²) in [5.74, 6) is 1.61. The van der Waals surface area contributed by atoms with Gasteiger partial charge in [0.1, 0.15) is 11.2 Å². The van der Waals surface area contributed by atoms with Crippen LogP contribution in [0, 0.1) is 0 Å². The molecule has 9 rings (SSSR count). The zero-order valence-electron chi connectivity index (χ0n) is 33.0. The molecule has 0 amide bonds. The van der Waals surface area contributed by atoms with E-state index in [0.29, 0.717) is 23.0 Å². The Morgan fingerprint density at radius 1 is 0.388 bits per heavy atom. The first-order valence-electron chi connectivity index (χ1n) is 19.3. The first kappa shape index (κ1) is 22.0. The summed E-state index contributed by atoms with van der Waals surface area (Å²) in [4.78, 5) is 14.7. The van der Waals surface area contributed by atoms with Crippen LogP contribution in [0.5, 0.6) is 0 Å². The second-order valence-electron chi connectivity index (χ2n) is 11.5. The Morgan fingerprint density at radius 2 is 0.857 bits per heavy atom. The molecule has 0 unspecified atom stereocenters. The molecular formula is C45H29N3O. The Labute approximate surface area is 293 Å². The molecule has 2 aromatic heterocycles. The van der Waals surface area contributed by atoms with E-state index in [0.717, 1.165) is 38.9 Å². The van der Waals surface area contributed by atoms with E-state index < -0.39 is 12.1 Å². The van der Waals surface area contributed by atoms with Gasteiger partial charge in [-0.25, -0.2) is 15.0 Å². The van der Waals surface area contributed by atoms with Crippen LogP contribution in [-0.4, -0.2) is 15.0 Å². The normalized spacial score (nSPS) is 13.3. The third kappa shape index (κ3) is 5.45. The predicted octanol–water partition coefficient (Wildman–Crippen LogP) is 11.8. The van der Waals surface area contributed by atoms with E-state index >= 15 is 0 Å². The highest BCUT2D eigenvalue weighted by atomic mass is 16.3. The number of furan rings is 1. The van der Waals surface area contributed by atoms with Crippen LogP contribution >= 0.6 is 0 Å². The lowest BCUT2D eigenvalue weighted by atomic mass is 9.95. The minimum atomic E-state index is -0.459. The van der Waals surface area contributed by atoms with Crippen LogP contribution in [-0.2, 0) is 0 Å². The molecule has 4 nitrogen and oxygen atoms in total. The Morgan fingerprint density at radius 3 is 1.51 bits per heavy atom. The van der Waals surface area contributed by atoms with Crippen molar-refractivity contribution in [3.8, 4) is 67.5 Å². The van der Waals surface area contributed by atoms with Crippen molar-refractivity contribution in [3.63, 3.8) is 0 Å². The van der Waals surface area contributed by atoms with E-state index in [1.165, 1.54) is 0 Å². The van der Waals surface area contributed by atoms with E-state index in [4.69, 9.17) is 29.0 Å². The molecule has 9 aromatic rings. The van der Waals surface area contributed by atoms with Gasteiger partial charge in [0.05, 0.1) is 9.60 Å². The highest BCUT2D eigenvalue weighted by molar-refractivity contribution is 6.12. The summed E-state index contributed by atoms with van der Waals surface area (Å²) in [6.45, 7) is 0. The molecule has 0 bridgehead atoms. The lowest BCUT2D eigenvalue weighted by Gasteiger charge is -2.10. The summed E-state index contributed by atoms with van der Waals surface area (Å²) in [7, 11) is 0. The second kappa shape index (κ2) is 12.2. The van der Waals surface area contributed by atoms with Gasteiger partial charge in [0.25, 0.3) is 0 Å². The van der Waals surface area contributed by atoms with Crippen LogP contribution in [0.4, 0.5) is 0 Å². The van der Waals surface area contributed by atoms with Crippen LogP contribution in [0.25, 0.3) is 89.5 Å². The van der Waals surface area contributed by atoms with Crippen LogP contribution in [0.3, 0.4) is 0 Å². The summed E-state index contributed by atoms with van der Waals surface area (Å²) in [6, 6.07) is 40.8. The Kier molecular flexibility index (Phi) is 5.47. The van der Waals surface area contributed by atoms with E-state index in [2.05, 4.69) is 24.3 Å². The number of para-hydroxylation sites is 1. The largest absolute Gasteiger partial charge is 0.456 e. The molecule has 0 aliphatic carbocycles. The summed E-state index contributed by atoms with van der Waals surface area (Å²) in [5, 5.41) is 0.288. The van der Waals surface area contributed by atoms with Gasteiger partial charge in [0, 0.05) is 27.5 Å². The van der Waals surface area contributed by atoms with Gasteiger partial charge in [-0.15, -0.1) is 0 Å². The zero-order chi connectivity index (χ0) is 38.7. The van der Waals surface area contributed by atoms with Crippen molar-refractivity contribution in [2.45, 2.75) is 0 Å². The predicted molar refractivity (Wildman–Crippen MR) is 200 cm³/mol. The number of benzene rings is 7. The summed E-state index contributed by atoms with van der Waals surface area (Å²) >= 11 is 0. The van der Waals surface area contributed by atoms with Gasteiger partial charge >= 0.3 is 0 Å². The molecule has 0 N–H and O–H groups in total. The quantitative estimate of drug-likeness (QED) is 0.183. The van der Waals surface area contributed by atoms with Crippen molar-refractivity contribution in [1.82, 2.24) is 15.0 Å². The Balaban J connectivity index is 1.12. The Hall–Kier alpha value is -6.65. The average Bonchev–Trinajstić information content (AvgIpc) is 3.65. The maximum absolute atomic E-state index is 8.94. The molecule has 230 valence electrons. The third-order valence-electron chi connectivity index (χ3n) is 8.49. The van der Waals surface area contributed by atoms with Gasteiger partial charge in [0.2, 0.25) is 0 Å². The van der Waals surface area contributed by atoms with Crippen molar-refractivity contribution in [1.29, 1.82) is 0 Å². The van der Waals surface area contributed by atoms with E-state index in [1.54, 1.807) is 6.07 Å². The summed E-state index contributed by atoms with van der Waals surface area (Å²) < 4.78 is 65.5. The van der Waals surface area contributed by atoms with Crippen molar-refractivity contribution in [2.75, 3.05) is 0 Å². The lowest BCUT2D eigenvalue weighted by Crippen LogP contribution is -2.00. The van der Waals surface area contributed by atoms with E-state index in [1.807, 2.05) is 103 Å². The van der Waals surface area contributed by atoms with Crippen LogP contribution < -0.4 is 0 Å². The summed E-state index contributed by atoms with van der Waals surface area (Å²) in [5.41, 5.74) is 7.01. The number of hydrogen-bond donors (Lipinski definition) is 0. The number of aromatic nitrogens is 3. The first-order valence-corrected chi connectivity index (χ1v) is 15.8. The number of hydrogen-bond acceptors (Lipinski definition) is 4. The molecule has 0 atom stereocenters. The number of rotatable bonds is 6. The smallest absolute Gasteiger partial charge is 0.164 e. The molecular weight excluding hydrogens is 599 g/mol. The molecule has 0 saturated heterocycles. The monoisotopic (exact) mass is 634 g/mol. The maximum atomic E-state index is 8.94. The van der Waals surface area contributed by atoms with Gasteiger partial charge in [0.15, 0.2) is 17.5 Å². The Bertz CT molecular complexity index is 2970. The highest BCUT2D eigenvalue weighted by Crippen LogP contribution is 2.38. The SMILES string of the molecule is [2H]c1c([2H])c([2H])c2c(oc3c([2H])c([2H])c([2H])c(-c4cccc(-c5ccc(-c6nc(-c7ccccc7)nc(-c7ccc(-c8ccccc8)cc7)n6)cc5)c4)c32)c1[2H]. The fraction of sp³-hybridized carbons (Fsp3) is 0. The fourth-order valence-electron chi connectivity index (χ4n) is 6.04. The van der Waals surface area contributed by atoms with Gasteiger partial charge in [-0.2, -0.15) is 0 Å². The van der Waals surface area contributed by atoms with E-state index in [9.17, 15) is 0 Å². The van der Waals surface area contributed by atoms with Crippen molar-refractivity contribution in [2.24, 2.45) is 0 Å². The average molecular weight is 635 g/mol. The van der Waals surface area contributed by atoms with Crippen molar-refractivity contribution < 1.29 is 14.0 Å². The first-order chi connectivity index (χ1) is 27.2.